The molecule has 2 N–H and O–H groups in total. The summed E-state index contributed by atoms with van der Waals surface area (Å²) in [5.41, 5.74) is 5.89. The van der Waals surface area contributed by atoms with Gasteiger partial charge >= 0.3 is 0 Å². The van der Waals surface area contributed by atoms with Gasteiger partial charge in [0.25, 0.3) is 0 Å². The van der Waals surface area contributed by atoms with Crippen molar-refractivity contribution in [3.8, 4) is 0 Å². The fourth-order valence-electron chi connectivity index (χ4n) is 3.28. The largest absolute Gasteiger partial charge is 0.330 e. The minimum absolute atomic E-state index is 0.671. The molecule has 0 amide bonds. The summed E-state index contributed by atoms with van der Waals surface area (Å²) in [6.07, 6.45) is 4.25. The highest BCUT2D eigenvalue weighted by atomic mass is 15.3. The summed E-state index contributed by atoms with van der Waals surface area (Å²) in [5, 5.41) is 0. The van der Waals surface area contributed by atoms with E-state index in [9.17, 15) is 0 Å². The lowest BCUT2D eigenvalue weighted by Crippen LogP contribution is -2.56. The molecule has 2 heterocycles. The van der Waals surface area contributed by atoms with Gasteiger partial charge in [-0.25, -0.2) is 0 Å². The lowest BCUT2D eigenvalue weighted by Gasteiger charge is -2.45. The molecule has 0 aromatic carbocycles. The third kappa shape index (κ3) is 3.43. The molecule has 0 radical (unpaired) electrons. The van der Waals surface area contributed by atoms with Crippen molar-refractivity contribution in [3.05, 3.63) is 0 Å². The third-order valence-electron chi connectivity index (χ3n) is 4.66. The number of hydrogen-bond acceptors (Lipinski definition) is 3. The Morgan fingerprint density at radius 3 is 2.71 bits per heavy atom. The van der Waals surface area contributed by atoms with Crippen LogP contribution in [0, 0.1) is 11.8 Å². The average Bonchev–Trinajstić information content (AvgIpc) is 2.35. The first kappa shape index (κ1) is 13.3. The number of piperidine rings is 1. The third-order valence-corrected chi connectivity index (χ3v) is 4.66. The van der Waals surface area contributed by atoms with Gasteiger partial charge in [-0.1, -0.05) is 20.3 Å². The molecule has 0 aliphatic carbocycles. The van der Waals surface area contributed by atoms with Crippen LogP contribution in [0.15, 0.2) is 0 Å². The summed E-state index contributed by atoms with van der Waals surface area (Å²) >= 11 is 0. The van der Waals surface area contributed by atoms with E-state index in [2.05, 4.69) is 23.6 Å². The maximum atomic E-state index is 5.89. The van der Waals surface area contributed by atoms with E-state index in [0.29, 0.717) is 11.8 Å². The van der Waals surface area contributed by atoms with Crippen LogP contribution < -0.4 is 5.73 Å². The number of piperazine rings is 1. The number of nitrogens with zero attached hydrogens (tertiary/aromatic N) is 2. The van der Waals surface area contributed by atoms with Crippen molar-refractivity contribution < 1.29 is 0 Å². The molecule has 3 nitrogen and oxygen atoms in total. The second-order valence-corrected chi connectivity index (χ2v) is 6.18. The quantitative estimate of drug-likeness (QED) is 0.804. The summed E-state index contributed by atoms with van der Waals surface area (Å²) in [5.74, 6) is 1.38. The van der Waals surface area contributed by atoms with E-state index in [0.717, 1.165) is 12.6 Å². The summed E-state index contributed by atoms with van der Waals surface area (Å²) < 4.78 is 0. The van der Waals surface area contributed by atoms with Crippen molar-refractivity contribution in [2.24, 2.45) is 17.6 Å². The van der Waals surface area contributed by atoms with Crippen molar-refractivity contribution in [2.45, 2.75) is 39.2 Å². The molecule has 0 saturated carbocycles. The molecule has 0 spiro atoms. The molecule has 17 heavy (non-hydrogen) atoms. The average molecular weight is 239 g/mol. The predicted molar refractivity (Wildman–Crippen MR) is 73.0 cm³/mol. The molecule has 3 heteroatoms. The Morgan fingerprint density at radius 2 is 2.00 bits per heavy atom. The van der Waals surface area contributed by atoms with Gasteiger partial charge in [0.15, 0.2) is 0 Å². The lowest BCUT2D eigenvalue weighted by molar-refractivity contribution is 0.0387. The molecule has 2 fully saturated rings. The molecule has 2 saturated heterocycles. The molecule has 100 valence electrons. The summed E-state index contributed by atoms with van der Waals surface area (Å²) in [6.45, 7) is 11.8. The van der Waals surface area contributed by atoms with Crippen LogP contribution in [0.1, 0.15) is 33.1 Å². The highest BCUT2D eigenvalue weighted by molar-refractivity contribution is 4.86. The molecule has 2 atom stereocenters. The lowest BCUT2D eigenvalue weighted by atomic mass is 9.93. The van der Waals surface area contributed by atoms with E-state index < -0.39 is 0 Å². The normalized spacial score (nSPS) is 29.3. The van der Waals surface area contributed by atoms with Crippen LogP contribution in [0.4, 0.5) is 0 Å². The van der Waals surface area contributed by atoms with E-state index in [1.807, 2.05) is 0 Å². The zero-order chi connectivity index (χ0) is 12.3. The Hall–Kier alpha value is -0.120. The molecule has 2 unspecified atom stereocenters. The van der Waals surface area contributed by atoms with Gasteiger partial charge in [-0.3, -0.25) is 4.90 Å². The zero-order valence-electron chi connectivity index (χ0n) is 11.6. The van der Waals surface area contributed by atoms with Crippen molar-refractivity contribution in [3.63, 3.8) is 0 Å². The molecular formula is C14H29N3. The molecular weight excluding hydrogens is 210 g/mol. The van der Waals surface area contributed by atoms with E-state index in [-0.39, 0.29) is 0 Å². The van der Waals surface area contributed by atoms with Crippen LogP contribution in [-0.4, -0.2) is 55.1 Å². The van der Waals surface area contributed by atoms with Gasteiger partial charge < -0.3 is 10.6 Å². The number of rotatable bonds is 4. The first-order valence-electron chi connectivity index (χ1n) is 7.37. The minimum atomic E-state index is 0.671. The van der Waals surface area contributed by atoms with Crippen LogP contribution in [-0.2, 0) is 0 Å². The highest BCUT2D eigenvalue weighted by Crippen LogP contribution is 2.22. The maximum absolute atomic E-state index is 5.89. The van der Waals surface area contributed by atoms with E-state index in [1.165, 1.54) is 52.0 Å². The van der Waals surface area contributed by atoms with Gasteiger partial charge in [-0.05, 0) is 37.8 Å². The summed E-state index contributed by atoms with van der Waals surface area (Å²) in [7, 11) is 0. The molecule has 2 aliphatic rings. The number of fused-ring (bicyclic) bond motifs is 1. The Morgan fingerprint density at radius 1 is 1.18 bits per heavy atom. The predicted octanol–water partition coefficient (Wildman–Crippen LogP) is 1.39. The zero-order valence-corrected chi connectivity index (χ0v) is 11.6. The van der Waals surface area contributed by atoms with Crippen molar-refractivity contribution in [1.82, 2.24) is 9.80 Å². The first-order valence-corrected chi connectivity index (χ1v) is 7.37. The van der Waals surface area contributed by atoms with Crippen LogP contribution in [0.5, 0.6) is 0 Å². The van der Waals surface area contributed by atoms with Crippen LogP contribution in [0.2, 0.25) is 0 Å². The van der Waals surface area contributed by atoms with Crippen LogP contribution in [0.3, 0.4) is 0 Å². The molecule has 2 aliphatic heterocycles. The molecule has 0 bridgehead atoms. The van der Waals surface area contributed by atoms with E-state index in [1.54, 1.807) is 0 Å². The smallest absolute Gasteiger partial charge is 0.0223 e. The standard InChI is InChI=1S/C14H29N3/c1-12(2)13(9-15)10-16-7-8-17-6-4-3-5-14(17)11-16/h12-14H,3-11,15H2,1-2H3. The van der Waals surface area contributed by atoms with Crippen molar-refractivity contribution >= 4 is 0 Å². The highest BCUT2D eigenvalue weighted by Gasteiger charge is 2.29. The summed E-state index contributed by atoms with van der Waals surface area (Å²) in [6, 6.07) is 0.836. The van der Waals surface area contributed by atoms with Gasteiger partial charge in [0.05, 0.1) is 0 Å². The molecule has 2 rings (SSSR count). The van der Waals surface area contributed by atoms with Crippen LogP contribution in [0.25, 0.3) is 0 Å². The second kappa shape index (κ2) is 6.17. The Balaban J connectivity index is 1.82. The molecule has 0 aromatic rings. The Bertz CT molecular complexity index is 230. The Labute approximate surface area is 106 Å². The van der Waals surface area contributed by atoms with E-state index >= 15 is 0 Å². The second-order valence-electron chi connectivity index (χ2n) is 6.18. The number of nitrogens with two attached hydrogens (primary N) is 1. The van der Waals surface area contributed by atoms with Gasteiger partial charge in [0, 0.05) is 32.2 Å². The van der Waals surface area contributed by atoms with Gasteiger partial charge in [0.2, 0.25) is 0 Å². The molecule has 0 aromatic heterocycles. The SMILES string of the molecule is CC(C)C(CN)CN1CCN2CCCCC2C1. The first-order chi connectivity index (χ1) is 8.20. The fourth-order valence-corrected chi connectivity index (χ4v) is 3.28. The van der Waals surface area contributed by atoms with Gasteiger partial charge in [-0.15, -0.1) is 0 Å². The van der Waals surface area contributed by atoms with Crippen molar-refractivity contribution in [1.29, 1.82) is 0 Å². The topological polar surface area (TPSA) is 32.5 Å². The number of hydrogen-bond donors (Lipinski definition) is 1. The monoisotopic (exact) mass is 239 g/mol. The minimum Gasteiger partial charge on any atom is -0.330 e. The van der Waals surface area contributed by atoms with Gasteiger partial charge in [-0.2, -0.15) is 0 Å². The van der Waals surface area contributed by atoms with Crippen molar-refractivity contribution in [2.75, 3.05) is 39.3 Å². The fraction of sp³-hybridized carbons (Fsp3) is 1.00. The Kier molecular flexibility index (Phi) is 4.83. The van der Waals surface area contributed by atoms with Crippen LogP contribution >= 0.6 is 0 Å². The summed E-state index contributed by atoms with van der Waals surface area (Å²) in [4.78, 5) is 5.36. The maximum Gasteiger partial charge on any atom is 0.0223 e. The van der Waals surface area contributed by atoms with Gasteiger partial charge in [0.1, 0.15) is 0 Å². The van der Waals surface area contributed by atoms with E-state index in [4.69, 9.17) is 5.73 Å².